The highest BCUT2D eigenvalue weighted by molar-refractivity contribution is 8.13. The van der Waals surface area contributed by atoms with Crippen molar-refractivity contribution in [2.24, 2.45) is 4.99 Å². The molecule has 0 radical (unpaired) electrons. The van der Waals surface area contributed by atoms with Gasteiger partial charge in [0, 0.05) is 21.9 Å². The maximum atomic E-state index is 12.9. The summed E-state index contributed by atoms with van der Waals surface area (Å²) in [6.45, 7) is 2.05. The standard InChI is InChI=1S/C26H27Cl2N3O5S2/c1-3-4-12-37-25(31-26(32)35-2)30-24-18(13-17-8-5-6-11-22(17)28)14-20(16-23(24)29)36-38(33,34)21-10-7-9-19(27)15-21/h5-11,14-16,24,29H,3-4,12-13H2,1-2H3,(H,30,31,32). The Hall–Kier alpha value is -2.79. The van der Waals surface area contributed by atoms with Gasteiger partial charge >= 0.3 is 16.2 Å². The number of methoxy groups -OCH3 is 1. The molecule has 1 aliphatic carbocycles. The third-order valence-electron chi connectivity index (χ3n) is 5.29. The monoisotopic (exact) mass is 595 g/mol. The molecule has 0 saturated heterocycles. The molecule has 0 aromatic heterocycles. The fourth-order valence-corrected chi connectivity index (χ4v) is 5.80. The number of hydrogen-bond donors (Lipinski definition) is 2. The van der Waals surface area contributed by atoms with Crippen LogP contribution in [0.1, 0.15) is 25.3 Å². The van der Waals surface area contributed by atoms with Crippen LogP contribution in [0.15, 0.2) is 81.9 Å². The SMILES string of the molecule is CCCCSC(=NC1C(=N)C=C(OS(=O)(=O)c2cccc(Cl)c2)C=C1Cc1ccccc1Cl)NC(=O)OC. The summed E-state index contributed by atoms with van der Waals surface area (Å²) >= 11 is 13.7. The highest BCUT2D eigenvalue weighted by Crippen LogP contribution is 2.29. The Bertz CT molecular complexity index is 1390. The summed E-state index contributed by atoms with van der Waals surface area (Å²) in [4.78, 5) is 16.5. The lowest BCUT2D eigenvalue weighted by Crippen LogP contribution is -2.32. The van der Waals surface area contributed by atoms with E-state index in [1.165, 1.54) is 49.2 Å². The van der Waals surface area contributed by atoms with Crippen molar-refractivity contribution < 1.29 is 22.1 Å². The zero-order chi connectivity index (χ0) is 27.7. The number of amides is 1. The number of carbonyl (C=O) groups excluding carboxylic acids is 1. The lowest BCUT2D eigenvalue weighted by Gasteiger charge is -2.23. The van der Waals surface area contributed by atoms with Crippen molar-refractivity contribution in [1.82, 2.24) is 5.32 Å². The molecule has 1 atom stereocenters. The first-order chi connectivity index (χ1) is 18.1. The van der Waals surface area contributed by atoms with Crippen molar-refractivity contribution in [3.8, 4) is 0 Å². The number of thioether (sulfide) groups is 1. The maximum absolute atomic E-state index is 12.9. The molecule has 0 heterocycles. The van der Waals surface area contributed by atoms with Crippen molar-refractivity contribution in [3.63, 3.8) is 0 Å². The van der Waals surface area contributed by atoms with E-state index in [1.54, 1.807) is 18.2 Å². The van der Waals surface area contributed by atoms with Gasteiger partial charge in [-0.05, 0) is 54.3 Å². The highest BCUT2D eigenvalue weighted by Gasteiger charge is 2.28. The van der Waals surface area contributed by atoms with Gasteiger partial charge in [0.05, 0.1) is 12.8 Å². The predicted octanol–water partition coefficient (Wildman–Crippen LogP) is 6.40. The second-order valence-electron chi connectivity index (χ2n) is 8.14. The molecule has 1 amide bonds. The molecule has 2 aromatic carbocycles. The van der Waals surface area contributed by atoms with Gasteiger partial charge in [0.1, 0.15) is 16.7 Å². The molecule has 0 saturated carbocycles. The van der Waals surface area contributed by atoms with Crippen molar-refractivity contribution in [1.29, 1.82) is 5.41 Å². The van der Waals surface area contributed by atoms with E-state index in [2.05, 4.69) is 17.2 Å². The number of alkyl carbamates (subject to hydrolysis) is 1. The Morgan fingerprint density at radius 2 is 1.92 bits per heavy atom. The number of halogens is 2. The smallest absolute Gasteiger partial charge is 0.412 e. The fourth-order valence-electron chi connectivity index (χ4n) is 3.42. The summed E-state index contributed by atoms with van der Waals surface area (Å²) in [6, 6.07) is 12.1. The Morgan fingerprint density at radius 3 is 2.61 bits per heavy atom. The van der Waals surface area contributed by atoms with Gasteiger partial charge in [-0.1, -0.05) is 72.6 Å². The van der Waals surface area contributed by atoms with Gasteiger partial charge in [0.25, 0.3) is 0 Å². The minimum atomic E-state index is -4.22. The quantitative estimate of drug-likeness (QED) is 0.150. The Labute approximate surface area is 236 Å². The molecule has 2 N–H and O–H groups in total. The predicted molar refractivity (Wildman–Crippen MR) is 153 cm³/mol. The number of unbranched alkanes of at least 4 members (excludes halogenated alkanes) is 1. The number of rotatable bonds is 9. The Morgan fingerprint density at radius 1 is 1.16 bits per heavy atom. The van der Waals surface area contributed by atoms with E-state index in [-0.39, 0.29) is 33.0 Å². The summed E-state index contributed by atoms with van der Waals surface area (Å²) in [7, 11) is -2.97. The second-order valence-corrected chi connectivity index (χ2v) is 11.6. The summed E-state index contributed by atoms with van der Waals surface area (Å²) in [5.41, 5.74) is 1.29. The van der Waals surface area contributed by atoms with Gasteiger partial charge in [-0.2, -0.15) is 8.42 Å². The second kappa shape index (κ2) is 13.8. The number of aliphatic imine (C=N–C) groups is 1. The van der Waals surface area contributed by atoms with Crippen LogP contribution in [-0.2, 0) is 25.5 Å². The molecule has 2 aromatic rings. The fraction of sp³-hybridized carbons (Fsp3) is 0.269. The van der Waals surface area contributed by atoms with Gasteiger partial charge < -0.3 is 14.3 Å². The van der Waals surface area contributed by atoms with Crippen LogP contribution >= 0.6 is 35.0 Å². The van der Waals surface area contributed by atoms with E-state index in [9.17, 15) is 13.2 Å². The van der Waals surface area contributed by atoms with E-state index < -0.39 is 22.3 Å². The maximum Gasteiger partial charge on any atom is 0.412 e. The topological polar surface area (TPSA) is 118 Å². The molecule has 0 bridgehead atoms. The molecule has 1 aliphatic rings. The third-order valence-corrected chi connectivity index (χ3v) is 8.11. The van der Waals surface area contributed by atoms with Gasteiger partial charge in [-0.25, -0.2) is 9.79 Å². The van der Waals surface area contributed by atoms with Crippen LogP contribution in [0.2, 0.25) is 10.0 Å². The van der Waals surface area contributed by atoms with E-state index >= 15 is 0 Å². The first kappa shape index (κ1) is 29.8. The molecule has 0 fully saturated rings. The Balaban J connectivity index is 2.00. The summed E-state index contributed by atoms with van der Waals surface area (Å²) < 4.78 is 35.9. The first-order valence-electron chi connectivity index (χ1n) is 11.6. The number of benzene rings is 2. The molecule has 8 nitrogen and oxygen atoms in total. The number of amidine groups is 1. The number of allylic oxidation sites excluding steroid dienone is 1. The first-order valence-corrected chi connectivity index (χ1v) is 14.8. The van der Waals surface area contributed by atoms with E-state index in [4.69, 9.17) is 37.5 Å². The van der Waals surface area contributed by atoms with Crippen LogP contribution in [0.5, 0.6) is 0 Å². The molecule has 3 rings (SSSR count). The Kier molecular flexibility index (Phi) is 10.8. The summed E-state index contributed by atoms with van der Waals surface area (Å²) in [6.07, 6.45) is 4.26. The molecule has 0 aliphatic heterocycles. The molecule has 0 spiro atoms. The van der Waals surface area contributed by atoms with Crippen molar-refractivity contribution in [2.75, 3.05) is 12.9 Å². The molecule has 202 valence electrons. The number of ether oxygens (including phenoxy) is 1. The summed E-state index contributed by atoms with van der Waals surface area (Å²) in [5, 5.41) is 12.4. The van der Waals surface area contributed by atoms with Gasteiger partial charge in [0.2, 0.25) is 0 Å². The van der Waals surface area contributed by atoms with Crippen molar-refractivity contribution >= 4 is 62.1 Å². The molecular weight excluding hydrogens is 569 g/mol. The van der Waals surface area contributed by atoms with Crippen molar-refractivity contribution in [2.45, 2.75) is 37.1 Å². The zero-order valence-electron chi connectivity index (χ0n) is 20.7. The number of hydrogen-bond acceptors (Lipinski definition) is 8. The number of nitrogens with one attached hydrogen (secondary N) is 2. The number of nitrogens with zero attached hydrogens (tertiary/aromatic N) is 1. The molecule has 38 heavy (non-hydrogen) atoms. The normalized spacial score (nSPS) is 15.9. The van der Waals surface area contributed by atoms with Crippen LogP contribution in [0.3, 0.4) is 0 Å². The van der Waals surface area contributed by atoms with E-state index in [0.717, 1.165) is 18.4 Å². The van der Waals surface area contributed by atoms with Crippen LogP contribution in [0, 0.1) is 5.41 Å². The van der Waals surface area contributed by atoms with Crippen LogP contribution in [-0.4, -0.2) is 44.3 Å². The molecule has 1 unspecified atom stereocenters. The van der Waals surface area contributed by atoms with Gasteiger partial charge in [-0.15, -0.1) is 0 Å². The average Bonchev–Trinajstić information content (AvgIpc) is 2.87. The van der Waals surface area contributed by atoms with Gasteiger partial charge in [-0.3, -0.25) is 5.32 Å². The van der Waals surface area contributed by atoms with E-state index in [1.807, 2.05) is 12.1 Å². The third kappa shape index (κ3) is 8.36. The lowest BCUT2D eigenvalue weighted by molar-refractivity contribution is 0.177. The highest BCUT2D eigenvalue weighted by atomic mass is 35.5. The van der Waals surface area contributed by atoms with Gasteiger partial charge in [0.15, 0.2) is 5.17 Å². The zero-order valence-corrected chi connectivity index (χ0v) is 23.9. The van der Waals surface area contributed by atoms with Crippen LogP contribution in [0.4, 0.5) is 4.79 Å². The van der Waals surface area contributed by atoms with Crippen molar-refractivity contribution in [3.05, 3.63) is 87.6 Å². The van der Waals surface area contributed by atoms with E-state index in [0.29, 0.717) is 16.3 Å². The van der Waals surface area contributed by atoms with Crippen LogP contribution in [0.25, 0.3) is 0 Å². The molecular formula is C26H27Cl2N3O5S2. The lowest BCUT2D eigenvalue weighted by atomic mass is 9.91. The molecule has 12 heteroatoms. The summed E-state index contributed by atoms with van der Waals surface area (Å²) in [5.74, 6) is 0.648. The minimum Gasteiger partial charge on any atom is -0.453 e. The average molecular weight is 597 g/mol. The number of carbonyl (C=O) groups is 1. The largest absolute Gasteiger partial charge is 0.453 e. The minimum absolute atomic E-state index is 0.0221. The van der Waals surface area contributed by atoms with Crippen LogP contribution < -0.4 is 5.32 Å².